The van der Waals surface area contributed by atoms with Gasteiger partial charge in [0.05, 0.1) is 16.6 Å². The zero-order valence-corrected chi connectivity index (χ0v) is 8.16. The number of rotatable bonds is 0. The number of nitrogens with zero attached hydrogens (tertiary/aromatic N) is 1. The number of nitrogens with one attached hydrogen (secondary N) is 2. The van der Waals surface area contributed by atoms with Crippen LogP contribution >= 0.6 is 0 Å². The molecule has 0 aliphatic rings. The van der Waals surface area contributed by atoms with E-state index in [1.165, 1.54) is 6.07 Å². The van der Waals surface area contributed by atoms with Crippen LogP contribution in [-0.2, 0) is 0 Å². The van der Waals surface area contributed by atoms with Crippen molar-refractivity contribution in [3.63, 3.8) is 0 Å². The van der Waals surface area contributed by atoms with Gasteiger partial charge in [0.25, 0.3) is 0 Å². The highest BCUT2D eigenvalue weighted by atomic mass is 16.1. The number of hydrogen-bond acceptors (Lipinski definition) is 2. The highest BCUT2D eigenvalue weighted by molar-refractivity contribution is 5.92. The lowest BCUT2D eigenvalue weighted by Crippen LogP contribution is -2.01. The minimum absolute atomic E-state index is 0.0888. The van der Waals surface area contributed by atoms with Crippen LogP contribution in [0.25, 0.3) is 21.9 Å². The predicted molar refractivity (Wildman–Crippen MR) is 59.0 cm³/mol. The van der Waals surface area contributed by atoms with Crippen molar-refractivity contribution in [1.29, 1.82) is 0 Å². The molecule has 0 radical (unpaired) electrons. The molecule has 0 saturated carbocycles. The molecule has 2 N–H and O–H groups in total. The number of aromatic nitrogens is 3. The topological polar surface area (TPSA) is 61.5 Å². The van der Waals surface area contributed by atoms with Gasteiger partial charge in [-0.3, -0.25) is 4.79 Å². The second kappa shape index (κ2) is 2.70. The maximum absolute atomic E-state index is 11.1. The third-order valence-electron chi connectivity index (χ3n) is 2.44. The van der Waals surface area contributed by atoms with Gasteiger partial charge >= 0.3 is 0 Å². The summed E-state index contributed by atoms with van der Waals surface area (Å²) in [6, 6.07) is 7.21. The molecule has 1 aromatic carbocycles. The zero-order chi connectivity index (χ0) is 10.4. The van der Waals surface area contributed by atoms with E-state index in [0.29, 0.717) is 0 Å². The second-order valence-electron chi connectivity index (χ2n) is 3.60. The standard InChI is InChI=1S/C11H9N3O/c1-6-12-9-4-7-2-3-11(15)14-8(7)5-10(9)13-6/h2-5H,1H3,(H,12,13)(H,14,15). The Hall–Kier alpha value is -2.10. The number of aryl methyl sites for hydroxylation is 1. The Morgan fingerprint density at radius 2 is 2.00 bits per heavy atom. The van der Waals surface area contributed by atoms with E-state index in [2.05, 4.69) is 15.0 Å². The van der Waals surface area contributed by atoms with Crippen molar-refractivity contribution in [2.45, 2.75) is 6.92 Å². The molecule has 0 bridgehead atoms. The molecule has 3 rings (SSSR count). The monoisotopic (exact) mass is 199 g/mol. The van der Waals surface area contributed by atoms with E-state index in [9.17, 15) is 4.79 Å². The molecule has 0 saturated heterocycles. The Morgan fingerprint density at radius 1 is 1.13 bits per heavy atom. The van der Waals surface area contributed by atoms with Crippen LogP contribution in [0.15, 0.2) is 29.1 Å². The minimum atomic E-state index is -0.0888. The lowest BCUT2D eigenvalue weighted by molar-refractivity contribution is 1.17. The van der Waals surface area contributed by atoms with Crippen LogP contribution in [0, 0.1) is 6.92 Å². The smallest absolute Gasteiger partial charge is 0.248 e. The number of imidazole rings is 1. The summed E-state index contributed by atoms with van der Waals surface area (Å²) < 4.78 is 0. The van der Waals surface area contributed by atoms with Crippen molar-refractivity contribution in [3.05, 3.63) is 40.4 Å². The van der Waals surface area contributed by atoms with Gasteiger partial charge in [-0.2, -0.15) is 0 Å². The van der Waals surface area contributed by atoms with E-state index in [-0.39, 0.29) is 5.56 Å². The van der Waals surface area contributed by atoms with Gasteiger partial charge in [0.1, 0.15) is 5.82 Å². The van der Waals surface area contributed by atoms with E-state index in [1.807, 2.05) is 25.1 Å². The van der Waals surface area contributed by atoms with E-state index < -0.39 is 0 Å². The molecule has 15 heavy (non-hydrogen) atoms. The minimum Gasteiger partial charge on any atom is -0.342 e. The number of aromatic amines is 2. The van der Waals surface area contributed by atoms with Crippen molar-refractivity contribution >= 4 is 21.9 Å². The van der Waals surface area contributed by atoms with Crippen LogP contribution in [0.1, 0.15) is 5.82 Å². The van der Waals surface area contributed by atoms with Crippen LogP contribution < -0.4 is 5.56 Å². The average Bonchev–Trinajstić information content (AvgIpc) is 2.53. The highest BCUT2D eigenvalue weighted by Crippen LogP contribution is 2.18. The summed E-state index contributed by atoms with van der Waals surface area (Å²) in [5, 5.41) is 1.01. The van der Waals surface area contributed by atoms with Crippen LogP contribution in [0.4, 0.5) is 0 Å². The van der Waals surface area contributed by atoms with Crippen LogP contribution in [0.3, 0.4) is 0 Å². The summed E-state index contributed by atoms with van der Waals surface area (Å²) in [5.74, 6) is 0.877. The third-order valence-corrected chi connectivity index (χ3v) is 2.44. The molecule has 4 nitrogen and oxygen atoms in total. The molecule has 0 fully saturated rings. The van der Waals surface area contributed by atoms with Gasteiger partial charge in [0, 0.05) is 11.5 Å². The number of fused-ring (bicyclic) bond motifs is 2. The van der Waals surface area contributed by atoms with Gasteiger partial charge in [0.15, 0.2) is 0 Å². The summed E-state index contributed by atoms with van der Waals surface area (Å²) in [6.07, 6.45) is 0. The van der Waals surface area contributed by atoms with Crippen molar-refractivity contribution in [3.8, 4) is 0 Å². The van der Waals surface area contributed by atoms with Gasteiger partial charge in [-0.1, -0.05) is 0 Å². The molecule has 0 unspecified atom stereocenters. The SMILES string of the molecule is Cc1nc2cc3[nH]c(=O)ccc3cc2[nH]1. The zero-order valence-electron chi connectivity index (χ0n) is 8.16. The Labute approximate surface area is 85.0 Å². The quantitative estimate of drug-likeness (QED) is 0.579. The largest absolute Gasteiger partial charge is 0.342 e. The normalized spacial score (nSPS) is 11.3. The Kier molecular flexibility index (Phi) is 1.48. The van der Waals surface area contributed by atoms with Gasteiger partial charge in [0.2, 0.25) is 5.56 Å². The van der Waals surface area contributed by atoms with Crippen molar-refractivity contribution in [2.75, 3.05) is 0 Å². The van der Waals surface area contributed by atoms with E-state index in [1.54, 1.807) is 0 Å². The lowest BCUT2D eigenvalue weighted by atomic mass is 10.2. The molecule has 2 aromatic heterocycles. The van der Waals surface area contributed by atoms with Crippen LogP contribution in [0.5, 0.6) is 0 Å². The summed E-state index contributed by atoms with van der Waals surface area (Å²) >= 11 is 0. The molecule has 74 valence electrons. The fourth-order valence-electron chi connectivity index (χ4n) is 1.79. The summed E-state index contributed by atoms with van der Waals surface area (Å²) in [7, 11) is 0. The van der Waals surface area contributed by atoms with Crippen molar-refractivity contribution in [1.82, 2.24) is 15.0 Å². The third kappa shape index (κ3) is 1.22. The highest BCUT2D eigenvalue weighted by Gasteiger charge is 2.02. The van der Waals surface area contributed by atoms with E-state index in [4.69, 9.17) is 0 Å². The molecule has 0 atom stereocenters. The first-order chi connectivity index (χ1) is 7.22. The average molecular weight is 199 g/mol. The van der Waals surface area contributed by atoms with E-state index >= 15 is 0 Å². The summed E-state index contributed by atoms with van der Waals surface area (Å²) in [5.41, 5.74) is 2.60. The van der Waals surface area contributed by atoms with Gasteiger partial charge < -0.3 is 9.97 Å². The molecule has 3 aromatic rings. The lowest BCUT2D eigenvalue weighted by Gasteiger charge is -1.96. The summed E-state index contributed by atoms with van der Waals surface area (Å²) in [4.78, 5) is 21.4. The van der Waals surface area contributed by atoms with E-state index in [0.717, 1.165) is 27.8 Å². The van der Waals surface area contributed by atoms with Gasteiger partial charge in [-0.15, -0.1) is 0 Å². The number of H-pyrrole nitrogens is 2. The first-order valence-electron chi connectivity index (χ1n) is 4.72. The molecule has 0 aliphatic heterocycles. The van der Waals surface area contributed by atoms with Crippen LogP contribution in [-0.4, -0.2) is 15.0 Å². The molecular weight excluding hydrogens is 190 g/mol. The summed E-state index contributed by atoms with van der Waals surface area (Å²) in [6.45, 7) is 1.91. The van der Waals surface area contributed by atoms with Gasteiger partial charge in [-0.25, -0.2) is 4.98 Å². The van der Waals surface area contributed by atoms with Crippen molar-refractivity contribution in [2.24, 2.45) is 0 Å². The van der Waals surface area contributed by atoms with Gasteiger partial charge in [-0.05, 0) is 25.1 Å². The number of benzene rings is 1. The first-order valence-corrected chi connectivity index (χ1v) is 4.72. The molecule has 0 spiro atoms. The molecule has 0 amide bonds. The Balaban J connectivity index is 2.51. The fraction of sp³-hybridized carbons (Fsp3) is 0.0909. The predicted octanol–water partition coefficient (Wildman–Crippen LogP) is 1.71. The fourth-order valence-corrected chi connectivity index (χ4v) is 1.79. The second-order valence-corrected chi connectivity index (χ2v) is 3.60. The maximum Gasteiger partial charge on any atom is 0.248 e. The Bertz CT molecular complexity index is 708. The van der Waals surface area contributed by atoms with Crippen LogP contribution in [0.2, 0.25) is 0 Å². The number of pyridine rings is 1. The number of hydrogen-bond donors (Lipinski definition) is 2. The maximum atomic E-state index is 11.1. The first kappa shape index (κ1) is 8.23. The molecular formula is C11H9N3O. The van der Waals surface area contributed by atoms with Crippen molar-refractivity contribution < 1.29 is 0 Å². The molecule has 2 heterocycles. The molecule has 4 heteroatoms. The molecule has 0 aliphatic carbocycles. The Morgan fingerprint density at radius 3 is 2.87 bits per heavy atom.